The molecule has 7 nitrogen and oxygen atoms in total. The van der Waals surface area contributed by atoms with Crippen molar-refractivity contribution in [3.63, 3.8) is 0 Å². The summed E-state index contributed by atoms with van der Waals surface area (Å²) >= 11 is 0. The first-order valence-corrected chi connectivity index (χ1v) is 5.70. The Morgan fingerprint density at radius 2 is 2.05 bits per heavy atom. The summed E-state index contributed by atoms with van der Waals surface area (Å²) in [6.45, 7) is 0.795. The third-order valence-electron chi connectivity index (χ3n) is 2.78. The first kappa shape index (κ1) is 16.2. The molecule has 0 spiro atoms. The van der Waals surface area contributed by atoms with E-state index < -0.39 is 42.7 Å². The number of nitrogens with one attached hydrogen (secondary N) is 2. The van der Waals surface area contributed by atoms with E-state index in [1.807, 2.05) is 0 Å². The van der Waals surface area contributed by atoms with Crippen LogP contribution in [0.4, 0.5) is 18.0 Å². The van der Waals surface area contributed by atoms with Gasteiger partial charge in [0.2, 0.25) is 0 Å². The number of halogens is 3. The Morgan fingerprint density at radius 3 is 2.50 bits per heavy atom. The van der Waals surface area contributed by atoms with Crippen LogP contribution in [0.3, 0.4) is 0 Å². The second kappa shape index (κ2) is 5.65. The van der Waals surface area contributed by atoms with E-state index in [0.717, 1.165) is 0 Å². The van der Waals surface area contributed by atoms with Gasteiger partial charge in [-0.05, 0) is 13.3 Å². The van der Waals surface area contributed by atoms with E-state index in [2.05, 4.69) is 10.2 Å². The molecule has 0 radical (unpaired) electrons. The lowest BCUT2D eigenvalue weighted by Gasteiger charge is -2.19. The predicted octanol–water partition coefficient (Wildman–Crippen LogP) is 0.317. The molecular weight excluding hydrogens is 283 g/mol. The first-order valence-electron chi connectivity index (χ1n) is 5.70. The van der Waals surface area contributed by atoms with Crippen molar-refractivity contribution in [3.05, 3.63) is 0 Å². The Hall–Kier alpha value is -1.84. The summed E-state index contributed by atoms with van der Waals surface area (Å²) in [5, 5.41) is 2.40. The van der Waals surface area contributed by atoms with Crippen molar-refractivity contribution < 1.29 is 32.4 Å². The Morgan fingerprint density at radius 1 is 1.45 bits per heavy atom. The van der Waals surface area contributed by atoms with Crippen LogP contribution in [0.25, 0.3) is 0 Å². The highest BCUT2D eigenvalue weighted by molar-refractivity contribution is 6.08. The molecule has 114 valence electrons. The number of hydroxylamine groups is 1. The van der Waals surface area contributed by atoms with Gasteiger partial charge in [-0.1, -0.05) is 6.92 Å². The van der Waals surface area contributed by atoms with Crippen molar-refractivity contribution in [2.24, 2.45) is 0 Å². The zero-order valence-corrected chi connectivity index (χ0v) is 10.8. The van der Waals surface area contributed by atoms with Crippen molar-refractivity contribution in [1.29, 1.82) is 0 Å². The molecule has 0 aromatic heterocycles. The highest BCUT2D eigenvalue weighted by Gasteiger charge is 2.47. The van der Waals surface area contributed by atoms with Crippen LogP contribution in [0, 0.1) is 0 Å². The molecule has 0 aromatic rings. The number of rotatable bonds is 5. The number of hydrogen-bond donors (Lipinski definition) is 2. The predicted molar refractivity (Wildman–Crippen MR) is 59.1 cm³/mol. The first-order chi connectivity index (χ1) is 9.09. The quantitative estimate of drug-likeness (QED) is 0.565. The minimum Gasteiger partial charge on any atom is -0.323 e. The monoisotopic (exact) mass is 297 g/mol. The molecule has 0 saturated carbocycles. The van der Waals surface area contributed by atoms with Gasteiger partial charge in [-0.2, -0.15) is 13.2 Å². The number of urea groups is 1. The fourth-order valence-electron chi connectivity index (χ4n) is 1.50. The third-order valence-corrected chi connectivity index (χ3v) is 2.78. The fourth-order valence-corrected chi connectivity index (χ4v) is 1.50. The van der Waals surface area contributed by atoms with Crippen LogP contribution >= 0.6 is 0 Å². The van der Waals surface area contributed by atoms with E-state index in [1.54, 1.807) is 6.92 Å². The highest BCUT2D eigenvalue weighted by Crippen LogP contribution is 2.20. The summed E-state index contributed by atoms with van der Waals surface area (Å²) in [6, 6.07) is -0.773. The van der Waals surface area contributed by atoms with Crippen LogP contribution < -0.4 is 10.8 Å². The molecule has 2 N–H and O–H groups in total. The van der Waals surface area contributed by atoms with Crippen LogP contribution in [-0.2, 0) is 14.4 Å². The number of amides is 4. The van der Waals surface area contributed by atoms with Crippen molar-refractivity contribution in [2.45, 2.75) is 32.0 Å². The van der Waals surface area contributed by atoms with Gasteiger partial charge in [0.15, 0.2) is 6.61 Å². The van der Waals surface area contributed by atoms with Gasteiger partial charge in [0.1, 0.15) is 12.1 Å². The maximum atomic E-state index is 11.9. The SMILES string of the molecule is CCC1(C)NC(=O)N(CC(=O)NOCC(F)(F)F)C1=O. The average Bonchev–Trinajstić information content (AvgIpc) is 2.52. The average molecular weight is 297 g/mol. The molecule has 1 fully saturated rings. The molecule has 1 unspecified atom stereocenters. The molecule has 20 heavy (non-hydrogen) atoms. The number of nitrogens with zero attached hydrogens (tertiary/aromatic N) is 1. The summed E-state index contributed by atoms with van der Waals surface area (Å²) in [7, 11) is 0. The molecule has 0 aliphatic carbocycles. The Labute approximate surface area is 112 Å². The van der Waals surface area contributed by atoms with E-state index in [-0.39, 0.29) is 0 Å². The van der Waals surface area contributed by atoms with E-state index in [0.29, 0.717) is 11.3 Å². The van der Waals surface area contributed by atoms with Gasteiger partial charge >= 0.3 is 12.2 Å². The lowest BCUT2D eigenvalue weighted by molar-refractivity contribution is -0.192. The normalized spacial score (nSPS) is 22.9. The molecule has 10 heteroatoms. The number of carbonyl (C=O) groups excluding carboxylic acids is 3. The Bertz CT molecular complexity index is 426. The maximum Gasteiger partial charge on any atom is 0.414 e. The Kier molecular flexibility index (Phi) is 4.58. The van der Waals surface area contributed by atoms with Crippen LogP contribution in [0.2, 0.25) is 0 Å². The van der Waals surface area contributed by atoms with Crippen molar-refractivity contribution in [3.8, 4) is 0 Å². The molecule has 0 aromatic carbocycles. The third kappa shape index (κ3) is 3.83. The lowest BCUT2D eigenvalue weighted by atomic mass is 9.99. The van der Waals surface area contributed by atoms with Crippen LogP contribution in [0.5, 0.6) is 0 Å². The standard InChI is InChI=1S/C10H14F3N3O4/c1-3-9(2)7(18)16(8(19)14-9)4-6(17)15-20-5-10(11,12)13/h3-5H2,1-2H3,(H,14,19)(H,15,17). The molecule has 1 aliphatic heterocycles. The minimum absolute atomic E-state index is 0.320. The van der Waals surface area contributed by atoms with E-state index in [9.17, 15) is 27.6 Å². The molecule has 1 rings (SSSR count). The highest BCUT2D eigenvalue weighted by atomic mass is 19.4. The zero-order chi connectivity index (χ0) is 15.6. The topological polar surface area (TPSA) is 87.7 Å². The van der Waals surface area contributed by atoms with Crippen molar-refractivity contribution in [1.82, 2.24) is 15.7 Å². The van der Waals surface area contributed by atoms with Crippen LogP contribution in [0.1, 0.15) is 20.3 Å². The smallest absolute Gasteiger partial charge is 0.323 e. The van der Waals surface area contributed by atoms with Crippen LogP contribution in [0.15, 0.2) is 0 Å². The van der Waals surface area contributed by atoms with Crippen LogP contribution in [-0.4, -0.2) is 47.6 Å². The van der Waals surface area contributed by atoms with Gasteiger partial charge in [-0.25, -0.2) is 10.3 Å². The van der Waals surface area contributed by atoms with Gasteiger partial charge < -0.3 is 5.32 Å². The van der Waals surface area contributed by atoms with Gasteiger partial charge in [-0.3, -0.25) is 19.3 Å². The number of alkyl halides is 3. The molecule has 1 aliphatic rings. The van der Waals surface area contributed by atoms with E-state index in [4.69, 9.17) is 0 Å². The molecule has 1 saturated heterocycles. The summed E-state index contributed by atoms with van der Waals surface area (Å²) in [5.41, 5.74) is 0.413. The van der Waals surface area contributed by atoms with Gasteiger partial charge in [0.25, 0.3) is 11.8 Å². The van der Waals surface area contributed by atoms with Crippen molar-refractivity contribution >= 4 is 17.8 Å². The Balaban J connectivity index is 2.50. The summed E-state index contributed by atoms with van der Waals surface area (Å²) in [6.07, 6.45) is -4.27. The fraction of sp³-hybridized carbons (Fsp3) is 0.700. The van der Waals surface area contributed by atoms with Gasteiger partial charge in [-0.15, -0.1) is 0 Å². The molecule has 4 amide bonds. The van der Waals surface area contributed by atoms with Gasteiger partial charge in [0, 0.05) is 0 Å². The summed E-state index contributed by atoms with van der Waals surface area (Å²) < 4.78 is 35.3. The van der Waals surface area contributed by atoms with E-state index >= 15 is 0 Å². The minimum atomic E-state index is -4.59. The largest absolute Gasteiger partial charge is 0.414 e. The molecule has 1 atom stereocenters. The van der Waals surface area contributed by atoms with Gasteiger partial charge in [0.05, 0.1) is 0 Å². The summed E-state index contributed by atoms with van der Waals surface area (Å²) in [4.78, 5) is 39.2. The molecular formula is C10H14F3N3O4. The number of hydrogen-bond acceptors (Lipinski definition) is 4. The second-order valence-corrected chi connectivity index (χ2v) is 4.44. The second-order valence-electron chi connectivity index (χ2n) is 4.44. The molecule has 0 bridgehead atoms. The number of imide groups is 1. The zero-order valence-electron chi connectivity index (χ0n) is 10.8. The lowest BCUT2D eigenvalue weighted by Crippen LogP contribution is -2.44. The maximum absolute atomic E-state index is 11.9. The summed E-state index contributed by atoms with van der Waals surface area (Å²) in [5.74, 6) is -1.64. The molecule has 1 heterocycles. The number of carbonyl (C=O) groups is 3. The van der Waals surface area contributed by atoms with E-state index in [1.165, 1.54) is 12.4 Å². The van der Waals surface area contributed by atoms with Crippen molar-refractivity contribution in [2.75, 3.05) is 13.2 Å².